The van der Waals surface area contributed by atoms with Gasteiger partial charge in [-0.15, -0.1) is 0 Å². The van der Waals surface area contributed by atoms with Gasteiger partial charge in [0.2, 0.25) is 0 Å². The monoisotopic (exact) mass is 564 g/mol. The minimum Gasteiger partial charge on any atom is -0.367 e. The molecule has 0 amide bonds. The summed E-state index contributed by atoms with van der Waals surface area (Å²) in [4.78, 5) is 13.8. The summed E-state index contributed by atoms with van der Waals surface area (Å²) >= 11 is 0. The van der Waals surface area contributed by atoms with Gasteiger partial charge < -0.3 is 23.3 Å². The van der Waals surface area contributed by atoms with Crippen LogP contribution in [0.4, 0.5) is 0 Å². The normalized spacial score (nSPS) is 14.1. The fourth-order valence-corrected chi connectivity index (χ4v) is 4.92. The summed E-state index contributed by atoms with van der Waals surface area (Å²) in [6.45, 7) is 4.38. The van der Waals surface area contributed by atoms with Crippen molar-refractivity contribution in [2.45, 2.75) is 38.1 Å². The van der Waals surface area contributed by atoms with E-state index in [1.165, 1.54) is 14.2 Å². The van der Waals surface area contributed by atoms with Crippen LogP contribution in [0.5, 0.6) is 0 Å². The first kappa shape index (κ1) is 31.4. The van der Waals surface area contributed by atoms with E-state index < -0.39 is 37.9 Å². The van der Waals surface area contributed by atoms with Gasteiger partial charge in [0.15, 0.2) is 5.78 Å². The molecule has 0 spiro atoms. The molecule has 0 radical (unpaired) electrons. The molecule has 3 rings (SSSR count). The maximum absolute atomic E-state index is 13.8. The number of rotatable bonds is 18. The molecule has 212 valence electrons. The van der Waals surface area contributed by atoms with E-state index in [2.05, 4.69) is 6.58 Å². The highest BCUT2D eigenvalue weighted by Gasteiger charge is 2.39. The van der Waals surface area contributed by atoms with E-state index in [9.17, 15) is 9.36 Å². The maximum atomic E-state index is 13.8. The van der Waals surface area contributed by atoms with Gasteiger partial charge in [0, 0.05) is 14.2 Å². The molecule has 0 bridgehead atoms. The van der Waals surface area contributed by atoms with Crippen molar-refractivity contribution in [2.24, 2.45) is 0 Å². The first-order valence-corrected chi connectivity index (χ1v) is 14.7. The van der Waals surface area contributed by atoms with Crippen LogP contribution in [0.15, 0.2) is 116 Å². The zero-order chi connectivity index (χ0) is 28.6. The lowest BCUT2D eigenvalue weighted by molar-refractivity contribution is -0.159. The average Bonchev–Trinajstić information content (AvgIpc) is 3.00. The van der Waals surface area contributed by atoms with Crippen molar-refractivity contribution in [1.82, 2.24) is 0 Å². The number of ether oxygens (including phenoxy) is 3. The highest BCUT2D eigenvalue weighted by molar-refractivity contribution is 7.54. The Hall–Kier alpha value is -3.16. The Morgan fingerprint density at radius 2 is 1.20 bits per heavy atom. The number of hydrogen-bond acceptors (Lipinski definition) is 7. The number of benzene rings is 3. The summed E-state index contributed by atoms with van der Waals surface area (Å²) in [7, 11) is -1.18. The number of carbonyl (C=O) groups excluding carboxylic acids is 1. The molecule has 0 aliphatic carbocycles. The third-order valence-electron chi connectivity index (χ3n) is 6.13. The smallest absolute Gasteiger partial charge is 0.337 e. The molecular weight excluding hydrogens is 527 g/mol. The Bertz CT molecular complexity index is 1220. The van der Waals surface area contributed by atoms with Crippen LogP contribution in [0, 0.1) is 0 Å². The number of carbonyl (C=O) groups is 1. The van der Waals surface area contributed by atoms with Crippen LogP contribution in [0.2, 0.25) is 0 Å². The third kappa shape index (κ3) is 10.1. The van der Waals surface area contributed by atoms with Crippen LogP contribution in [0.1, 0.15) is 16.7 Å². The predicted octanol–water partition coefficient (Wildman–Crippen LogP) is 6.54. The van der Waals surface area contributed by atoms with E-state index in [1.807, 2.05) is 91.0 Å². The molecule has 0 aliphatic heterocycles. The minimum atomic E-state index is -3.68. The van der Waals surface area contributed by atoms with E-state index in [-0.39, 0.29) is 19.8 Å². The number of ketones is 1. The summed E-state index contributed by atoms with van der Waals surface area (Å²) < 4.78 is 42.1. The number of Topliss-reactive ketones (excluding diaryl/α,β-unsaturated/α-hetero) is 1. The highest BCUT2D eigenvalue weighted by Crippen LogP contribution is 2.46. The van der Waals surface area contributed by atoms with E-state index >= 15 is 0 Å². The van der Waals surface area contributed by atoms with Gasteiger partial charge in [0.25, 0.3) is 0 Å². The van der Waals surface area contributed by atoms with Crippen molar-refractivity contribution in [2.75, 3.05) is 20.4 Å². The third-order valence-corrected chi connectivity index (χ3v) is 7.94. The van der Waals surface area contributed by atoms with Crippen molar-refractivity contribution in [1.29, 1.82) is 0 Å². The Kier molecular flexibility index (Phi) is 13.2. The molecule has 7 nitrogen and oxygen atoms in total. The molecule has 0 heterocycles. The van der Waals surface area contributed by atoms with E-state index in [4.69, 9.17) is 23.3 Å². The largest absolute Gasteiger partial charge is 0.367 e. The van der Waals surface area contributed by atoms with Gasteiger partial charge in [-0.1, -0.05) is 116 Å². The Labute approximate surface area is 236 Å². The van der Waals surface area contributed by atoms with Gasteiger partial charge in [-0.3, -0.25) is 9.36 Å². The van der Waals surface area contributed by atoms with Crippen LogP contribution in [0.25, 0.3) is 0 Å². The second-order valence-electron chi connectivity index (χ2n) is 8.96. The van der Waals surface area contributed by atoms with E-state index in [0.717, 1.165) is 16.7 Å². The van der Waals surface area contributed by atoms with Gasteiger partial charge in [0.05, 0.1) is 19.8 Å². The lowest BCUT2D eigenvalue weighted by Crippen LogP contribution is -2.47. The van der Waals surface area contributed by atoms with Crippen LogP contribution < -0.4 is 0 Å². The van der Waals surface area contributed by atoms with Crippen molar-refractivity contribution in [3.05, 3.63) is 132 Å². The fraction of sp³-hybridized carbons (Fsp3) is 0.281. The van der Waals surface area contributed by atoms with Gasteiger partial charge in [-0.05, 0) is 16.7 Å². The molecule has 3 aromatic carbocycles. The zero-order valence-electron chi connectivity index (χ0n) is 23.0. The average molecular weight is 565 g/mol. The molecule has 0 saturated heterocycles. The van der Waals surface area contributed by atoms with E-state index in [0.29, 0.717) is 0 Å². The Morgan fingerprint density at radius 3 is 1.65 bits per heavy atom. The SMILES string of the molecule is C=C/C=C/[C@H](OCc1ccccc1)[C@H](OCc1ccccc1)[C@@H](OCc1ccccc1)C(=O)CP(=O)(OC)OC. The fourth-order valence-electron chi connectivity index (χ4n) is 3.95. The summed E-state index contributed by atoms with van der Waals surface area (Å²) in [6, 6.07) is 28.8. The van der Waals surface area contributed by atoms with Crippen LogP contribution >= 0.6 is 7.60 Å². The van der Waals surface area contributed by atoms with Gasteiger partial charge in [-0.2, -0.15) is 0 Å². The van der Waals surface area contributed by atoms with Crippen LogP contribution in [-0.4, -0.2) is 44.5 Å². The molecule has 3 atom stereocenters. The standard InChI is InChI=1S/C32H37O7P/c1-4-5-21-30(37-22-26-15-9-6-10-16-26)32(39-24-28-19-13-8-14-20-28)31(29(33)25-40(34,35-2)36-3)38-23-27-17-11-7-12-18-27/h4-21,30-32H,1,22-25H2,2-3H3/b21-5+/t30-,31-,32-/m0/s1. The van der Waals surface area contributed by atoms with Gasteiger partial charge in [-0.25, -0.2) is 0 Å². The van der Waals surface area contributed by atoms with Crippen LogP contribution in [-0.2, 0) is 52.4 Å². The van der Waals surface area contributed by atoms with Crippen molar-refractivity contribution in [3.63, 3.8) is 0 Å². The Balaban J connectivity index is 1.97. The quantitative estimate of drug-likeness (QED) is 0.128. The first-order chi connectivity index (χ1) is 19.5. The topological polar surface area (TPSA) is 80.3 Å². The highest BCUT2D eigenvalue weighted by atomic mass is 31.2. The molecule has 0 aliphatic rings. The first-order valence-electron chi connectivity index (χ1n) is 13.0. The molecule has 0 aromatic heterocycles. The molecule has 0 unspecified atom stereocenters. The lowest BCUT2D eigenvalue weighted by Gasteiger charge is -2.32. The summed E-state index contributed by atoms with van der Waals surface area (Å²) in [5, 5.41) is 0. The number of hydrogen-bond donors (Lipinski definition) is 0. The second-order valence-corrected chi connectivity index (χ2v) is 11.2. The lowest BCUT2D eigenvalue weighted by atomic mass is 10.0. The van der Waals surface area contributed by atoms with Gasteiger partial charge >= 0.3 is 7.60 Å². The number of allylic oxidation sites excluding steroid dienone is 2. The maximum Gasteiger partial charge on any atom is 0.337 e. The molecule has 0 N–H and O–H groups in total. The molecular formula is C32H37O7P. The molecule has 3 aromatic rings. The van der Waals surface area contributed by atoms with Crippen LogP contribution in [0.3, 0.4) is 0 Å². The Morgan fingerprint density at radius 1 is 0.750 bits per heavy atom. The summed E-state index contributed by atoms with van der Waals surface area (Å²) in [5.74, 6) is -0.485. The molecule has 0 fully saturated rings. The van der Waals surface area contributed by atoms with Crippen molar-refractivity contribution >= 4 is 13.4 Å². The van der Waals surface area contributed by atoms with Crippen molar-refractivity contribution in [3.8, 4) is 0 Å². The molecule has 0 saturated carbocycles. The predicted molar refractivity (Wildman–Crippen MR) is 156 cm³/mol. The zero-order valence-corrected chi connectivity index (χ0v) is 23.9. The minimum absolute atomic E-state index is 0.128. The summed E-state index contributed by atoms with van der Waals surface area (Å²) in [5.41, 5.74) is 2.74. The van der Waals surface area contributed by atoms with Crippen molar-refractivity contribution < 1.29 is 32.6 Å². The van der Waals surface area contributed by atoms with E-state index in [1.54, 1.807) is 18.2 Å². The second kappa shape index (κ2) is 16.8. The summed E-state index contributed by atoms with van der Waals surface area (Å²) in [6.07, 6.45) is 1.89. The molecule has 40 heavy (non-hydrogen) atoms. The van der Waals surface area contributed by atoms with Gasteiger partial charge in [0.1, 0.15) is 24.5 Å². The molecule has 8 heteroatoms.